The van der Waals surface area contributed by atoms with Crippen molar-refractivity contribution in [2.75, 3.05) is 6.61 Å². The number of nitrogens with zero attached hydrogens (tertiary/aromatic N) is 3. The number of hydrogen-bond acceptors (Lipinski definition) is 8. The van der Waals surface area contributed by atoms with Crippen LogP contribution in [0.3, 0.4) is 0 Å². The molecule has 8 nitrogen and oxygen atoms in total. The van der Waals surface area contributed by atoms with Gasteiger partial charge in [0.25, 0.3) is 0 Å². The molecular formula is C22H21Cl2N3O5S. The lowest BCUT2D eigenvalue weighted by Gasteiger charge is -2.43. The predicted octanol–water partition coefficient (Wildman–Crippen LogP) is 3.60. The SMILES string of the molecule is CC(=O)OC1C(n2cc(-c3ccccc3)nn2)[C@@H](O)C(CO)O[C@@H]1Sc1ccc(Cl)c(Cl)c1. The third-order valence-corrected chi connectivity index (χ3v) is 7.03. The van der Waals surface area contributed by atoms with E-state index in [0.717, 1.165) is 5.56 Å². The Kier molecular flexibility index (Phi) is 7.58. The highest BCUT2D eigenvalue weighted by Gasteiger charge is 2.49. The smallest absolute Gasteiger partial charge is 0.303 e. The zero-order valence-corrected chi connectivity index (χ0v) is 19.7. The normalized spacial score (nSPS) is 25.1. The number of thioether (sulfide) groups is 1. The van der Waals surface area contributed by atoms with Crippen molar-refractivity contribution in [1.82, 2.24) is 15.0 Å². The number of aliphatic hydroxyl groups excluding tert-OH is 2. The molecular weight excluding hydrogens is 489 g/mol. The fourth-order valence-electron chi connectivity index (χ4n) is 3.62. The highest BCUT2D eigenvalue weighted by Crippen LogP contribution is 2.41. The molecule has 0 spiro atoms. The Bertz CT molecular complexity index is 1120. The first-order valence-electron chi connectivity index (χ1n) is 10.1. The van der Waals surface area contributed by atoms with Gasteiger partial charge in [0.15, 0.2) is 6.10 Å². The average molecular weight is 510 g/mol. The molecule has 174 valence electrons. The summed E-state index contributed by atoms with van der Waals surface area (Å²) in [5.41, 5.74) is 0.654. The van der Waals surface area contributed by atoms with E-state index in [0.29, 0.717) is 20.6 Å². The number of carbonyl (C=O) groups is 1. The van der Waals surface area contributed by atoms with E-state index in [1.807, 2.05) is 30.3 Å². The Morgan fingerprint density at radius 3 is 2.64 bits per heavy atom. The van der Waals surface area contributed by atoms with E-state index in [1.165, 1.54) is 23.4 Å². The van der Waals surface area contributed by atoms with E-state index in [-0.39, 0.29) is 0 Å². The lowest BCUT2D eigenvalue weighted by molar-refractivity contribution is -0.197. The van der Waals surface area contributed by atoms with Gasteiger partial charge in [-0.2, -0.15) is 0 Å². The molecule has 11 heteroatoms. The van der Waals surface area contributed by atoms with Gasteiger partial charge in [-0.1, -0.05) is 70.5 Å². The van der Waals surface area contributed by atoms with Gasteiger partial charge in [-0.3, -0.25) is 4.79 Å². The third-order valence-electron chi connectivity index (χ3n) is 5.16. The van der Waals surface area contributed by atoms with Gasteiger partial charge in [0.2, 0.25) is 0 Å². The number of hydrogen-bond donors (Lipinski definition) is 2. The van der Waals surface area contributed by atoms with Crippen LogP contribution in [-0.4, -0.2) is 61.5 Å². The first-order valence-corrected chi connectivity index (χ1v) is 11.7. The number of benzene rings is 2. The molecule has 4 rings (SSSR count). The molecule has 3 aromatic rings. The zero-order chi connectivity index (χ0) is 23.5. The number of ether oxygens (including phenoxy) is 2. The maximum atomic E-state index is 12.0. The molecule has 1 fully saturated rings. The molecule has 5 atom stereocenters. The summed E-state index contributed by atoms with van der Waals surface area (Å²) in [6.45, 7) is 0.836. The van der Waals surface area contributed by atoms with Crippen LogP contribution in [0.15, 0.2) is 59.6 Å². The first kappa shape index (κ1) is 24.0. The summed E-state index contributed by atoms with van der Waals surface area (Å²) in [5.74, 6) is -0.550. The minimum absolute atomic E-state index is 0.362. The molecule has 0 bridgehead atoms. The van der Waals surface area contributed by atoms with Crippen molar-refractivity contribution in [1.29, 1.82) is 0 Å². The van der Waals surface area contributed by atoms with Crippen molar-refractivity contribution in [3.8, 4) is 11.3 Å². The number of esters is 1. The molecule has 2 N–H and O–H groups in total. The van der Waals surface area contributed by atoms with E-state index >= 15 is 0 Å². The zero-order valence-electron chi connectivity index (χ0n) is 17.4. The number of halogens is 2. The molecule has 3 unspecified atom stereocenters. The van der Waals surface area contributed by atoms with Gasteiger partial charge in [-0.05, 0) is 18.2 Å². The van der Waals surface area contributed by atoms with Crippen LogP contribution in [0, 0.1) is 0 Å². The maximum Gasteiger partial charge on any atom is 0.303 e. The number of aliphatic hydroxyl groups is 2. The highest BCUT2D eigenvalue weighted by atomic mass is 35.5. The lowest BCUT2D eigenvalue weighted by atomic mass is 9.97. The van der Waals surface area contributed by atoms with Crippen molar-refractivity contribution in [2.24, 2.45) is 0 Å². The van der Waals surface area contributed by atoms with Crippen LogP contribution in [-0.2, 0) is 14.3 Å². The average Bonchev–Trinajstić information content (AvgIpc) is 3.28. The maximum absolute atomic E-state index is 12.0. The van der Waals surface area contributed by atoms with Crippen molar-refractivity contribution in [3.05, 3.63) is 64.8 Å². The Labute approximate surface area is 204 Å². The Morgan fingerprint density at radius 2 is 1.97 bits per heavy atom. The lowest BCUT2D eigenvalue weighted by Crippen LogP contribution is -2.56. The van der Waals surface area contributed by atoms with Crippen molar-refractivity contribution in [2.45, 2.75) is 41.6 Å². The van der Waals surface area contributed by atoms with Gasteiger partial charge in [-0.25, -0.2) is 4.68 Å². The van der Waals surface area contributed by atoms with Gasteiger partial charge < -0.3 is 19.7 Å². The number of carbonyl (C=O) groups excluding carboxylic acids is 1. The van der Waals surface area contributed by atoms with E-state index in [4.69, 9.17) is 32.7 Å². The Morgan fingerprint density at radius 1 is 1.21 bits per heavy atom. The minimum atomic E-state index is -1.21. The van der Waals surface area contributed by atoms with E-state index in [1.54, 1.807) is 24.4 Å². The standard InChI is InChI=1S/C22H21Cl2N3O5S/c1-12(29)31-21-19(27-10-17(25-26-27)13-5-3-2-4-6-13)20(30)18(11-28)32-22(21)33-14-7-8-15(23)16(24)9-14/h2-10,18-22,28,30H,11H2,1H3/t18?,19?,20-,21?,22+/m0/s1. The van der Waals surface area contributed by atoms with Crippen LogP contribution in [0.2, 0.25) is 10.0 Å². The van der Waals surface area contributed by atoms with Crippen molar-refractivity contribution < 1.29 is 24.5 Å². The molecule has 2 aromatic carbocycles. The molecule has 1 aliphatic rings. The second kappa shape index (κ2) is 10.4. The summed E-state index contributed by atoms with van der Waals surface area (Å²) in [4.78, 5) is 12.7. The highest BCUT2D eigenvalue weighted by molar-refractivity contribution is 7.99. The van der Waals surface area contributed by atoms with Gasteiger partial charge in [0.1, 0.15) is 29.4 Å². The van der Waals surface area contributed by atoms with E-state index in [2.05, 4.69) is 10.3 Å². The van der Waals surface area contributed by atoms with Gasteiger partial charge in [0.05, 0.1) is 22.8 Å². The summed E-state index contributed by atoms with van der Waals surface area (Å²) >= 11 is 13.4. The van der Waals surface area contributed by atoms with Gasteiger partial charge >= 0.3 is 5.97 Å². The summed E-state index contributed by atoms with van der Waals surface area (Å²) < 4.78 is 13.0. The van der Waals surface area contributed by atoms with Crippen molar-refractivity contribution >= 4 is 40.9 Å². The second-order valence-electron chi connectivity index (χ2n) is 7.42. The fourth-order valence-corrected chi connectivity index (χ4v) is 5.14. The molecule has 2 heterocycles. The molecule has 0 amide bonds. The number of aromatic nitrogens is 3. The third kappa shape index (κ3) is 5.34. The summed E-state index contributed by atoms with van der Waals surface area (Å²) in [7, 11) is 0. The molecule has 1 aromatic heterocycles. The second-order valence-corrected chi connectivity index (χ2v) is 9.41. The minimum Gasteiger partial charge on any atom is -0.456 e. The predicted molar refractivity (Wildman–Crippen MR) is 124 cm³/mol. The van der Waals surface area contributed by atoms with Crippen LogP contribution in [0.5, 0.6) is 0 Å². The van der Waals surface area contributed by atoms with Crippen LogP contribution in [0.25, 0.3) is 11.3 Å². The fraction of sp³-hybridized carbons (Fsp3) is 0.318. The Balaban J connectivity index is 1.70. The summed E-state index contributed by atoms with van der Waals surface area (Å²) in [6.07, 6.45) is -1.42. The number of rotatable bonds is 6. The first-order chi connectivity index (χ1) is 15.9. The van der Waals surface area contributed by atoms with Crippen LogP contribution >= 0.6 is 35.0 Å². The quantitative estimate of drug-likeness (QED) is 0.485. The monoisotopic (exact) mass is 509 g/mol. The molecule has 0 aliphatic carbocycles. The molecule has 0 radical (unpaired) electrons. The van der Waals surface area contributed by atoms with Crippen LogP contribution in [0.1, 0.15) is 13.0 Å². The molecule has 33 heavy (non-hydrogen) atoms. The molecule has 1 aliphatic heterocycles. The van der Waals surface area contributed by atoms with Crippen LogP contribution < -0.4 is 0 Å². The topological polar surface area (TPSA) is 107 Å². The summed E-state index contributed by atoms with van der Waals surface area (Å²) in [6, 6.07) is 13.6. The van der Waals surface area contributed by atoms with Gasteiger partial charge in [0, 0.05) is 17.4 Å². The molecule has 0 saturated carbocycles. The van der Waals surface area contributed by atoms with Crippen molar-refractivity contribution in [3.63, 3.8) is 0 Å². The van der Waals surface area contributed by atoms with Gasteiger partial charge in [-0.15, -0.1) is 5.10 Å². The molecule has 1 saturated heterocycles. The van der Waals surface area contributed by atoms with E-state index in [9.17, 15) is 15.0 Å². The van der Waals surface area contributed by atoms with Crippen LogP contribution in [0.4, 0.5) is 0 Å². The largest absolute Gasteiger partial charge is 0.456 e. The van der Waals surface area contributed by atoms with E-state index < -0.39 is 42.4 Å². The summed E-state index contributed by atoms with van der Waals surface area (Å²) in [5, 5.41) is 30.0. The Hall–Kier alpha value is -2.14.